The number of aliphatic hydroxyl groups excluding tert-OH is 1. The van der Waals surface area contributed by atoms with Crippen LogP contribution in [0.25, 0.3) is 5.76 Å². The lowest BCUT2D eigenvalue weighted by atomic mass is 10.1. The number of fused-ring (bicyclic) bond motifs is 1. The first-order valence-electron chi connectivity index (χ1n) is 5.04. The third-order valence-corrected chi connectivity index (χ3v) is 3.68. The number of carbonyl (C=O) groups excluding carboxylic acids is 1. The topological polar surface area (TPSA) is 49.7 Å². The summed E-state index contributed by atoms with van der Waals surface area (Å²) in [5.41, 5.74) is 1.58. The zero-order valence-electron chi connectivity index (χ0n) is 8.43. The Bertz CT molecular complexity index is 546. The fourth-order valence-corrected chi connectivity index (χ4v) is 2.84. The van der Waals surface area contributed by atoms with Crippen LogP contribution in [0.1, 0.15) is 15.9 Å². The van der Waals surface area contributed by atoms with Gasteiger partial charge in [0, 0.05) is 23.4 Å². The summed E-state index contributed by atoms with van der Waals surface area (Å²) < 4.78 is 0. The molecule has 3 rings (SSSR count). The molecule has 2 aliphatic rings. The van der Waals surface area contributed by atoms with Crippen LogP contribution < -0.4 is 0 Å². The van der Waals surface area contributed by atoms with E-state index in [-0.39, 0.29) is 11.5 Å². The molecule has 80 valence electrons. The van der Waals surface area contributed by atoms with Crippen molar-refractivity contribution in [3.8, 4) is 0 Å². The van der Waals surface area contributed by atoms with Crippen molar-refractivity contribution in [1.82, 2.24) is 0 Å². The van der Waals surface area contributed by atoms with Crippen molar-refractivity contribution in [2.45, 2.75) is 0 Å². The average Bonchev–Trinajstić information content (AvgIpc) is 2.89. The van der Waals surface area contributed by atoms with Crippen LogP contribution in [0.3, 0.4) is 0 Å². The molecule has 0 bridgehead atoms. The van der Waals surface area contributed by atoms with E-state index in [0.717, 1.165) is 12.3 Å². The van der Waals surface area contributed by atoms with E-state index >= 15 is 0 Å². The Morgan fingerprint density at radius 3 is 2.62 bits per heavy atom. The molecule has 0 spiro atoms. The summed E-state index contributed by atoms with van der Waals surface area (Å²) in [5, 5.41) is 10.7. The number of benzene rings is 1. The van der Waals surface area contributed by atoms with Crippen LogP contribution in [-0.4, -0.2) is 28.2 Å². The van der Waals surface area contributed by atoms with Crippen molar-refractivity contribution < 1.29 is 9.90 Å². The highest BCUT2D eigenvalue weighted by atomic mass is 32.2. The van der Waals surface area contributed by atoms with Crippen molar-refractivity contribution >= 4 is 28.3 Å². The molecule has 0 saturated heterocycles. The molecule has 0 saturated carbocycles. The second-order valence-electron chi connectivity index (χ2n) is 3.63. The van der Waals surface area contributed by atoms with Gasteiger partial charge in [0.15, 0.2) is 5.78 Å². The van der Waals surface area contributed by atoms with Gasteiger partial charge in [-0.25, -0.2) is 0 Å². The first-order valence-corrected chi connectivity index (χ1v) is 6.02. The number of hydrogen-bond donors (Lipinski definition) is 1. The van der Waals surface area contributed by atoms with Gasteiger partial charge in [0.25, 0.3) is 0 Å². The minimum absolute atomic E-state index is 0.0775. The molecule has 0 unspecified atom stereocenters. The lowest BCUT2D eigenvalue weighted by Crippen LogP contribution is -2.05. The number of thioether (sulfide) groups is 1. The van der Waals surface area contributed by atoms with E-state index in [1.54, 1.807) is 18.2 Å². The van der Waals surface area contributed by atoms with Gasteiger partial charge in [0.1, 0.15) is 10.8 Å². The van der Waals surface area contributed by atoms with Crippen LogP contribution in [0.4, 0.5) is 0 Å². The summed E-state index contributed by atoms with van der Waals surface area (Å²) >= 11 is 1.53. The van der Waals surface area contributed by atoms with E-state index in [0.29, 0.717) is 21.7 Å². The molecule has 3 nitrogen and oxygen atoms in total. The molecule has 0 fully saturated rings. The number of ketones is 1. The van der Waals surface area contributed by atoms with Gasteiger partial charge in [-0.1, -0.05) is 24.3 Å². The molecule has 1 aromatic rings. The highest BCUT2D eigenvalue weighted by Gasteiger charge is 2.33. The Morgan fingerprint density at radius 1 is 1.25 bits per heavy atom. The zero-order valence-corrected chi connectivity index (χ0v) is 9.25. The average molecular weight is 231 g/mol. The summed E-state index contributed by atoms with van der Waals surface area (Å²) in [4.78, 5) is 16.3. The van der Waals surface area contributed by atoms with Gasteiger partial charge < -0.3 is 5.11 Å². The third-order valence-electron chi connectivity index (χ3n) is 2.69. The van der Waals surface area contributed by atoms with E-state index in [9.17, 15) is 9.90 Å². The summed E-state index contributed by atoms with van der Waals surface area (Å²) in [6, 6.07) is 7.11. The molecule has 0 atom stereocenters. The van der Waals surface area contributed by atoms with Gasteiger partial charge in [-0.05, 0) is 0 Å². The van der Waals surface area contributed by atoms with Gasteiger partial charge in [0.05, 0.1) is 5.57 Å². The van der Waals surface area contributed by atoms with Crippen molar-refractivity contribution in [3.63, 3.8) is 0 Å². The molecule has 1 aliphatic heterocycles. The van der Waals surface area contributed by atoms with E-state index in [4.69, 9.17) is 0 Å². The highest BCUT2D eigenvalue weighted by molar-refractivity contribution is 8.14. The predicted octanol–water partition coefficient (Wildman–Crippen LogP) is 2.30. The maximum Gasteiger partial charge on any atom is 0.200 e. The van der Waals surface area contributed by atoms with Gasteiger partial charge in [-0.2, -0.15) is 0 Å². The number of aliphatic imine (C=N–C) groups is 1. The van der Waals surface area contributed by atoms with Gasteiger partial charge in [0.2, 0.25) is 0 Å². The molecule has 1 aliphatic carbocycles. The standard InChI is InChI=1S/C12H9NO2S/c14-10-7-3-1-2-4-8(7)11(15)9(10)12-13-5-6-16-12/h1-4,14H,5-6H2. The smallest absolute Gasteiger partial charge is 0.200 e. The second-order valence-corrected chi connectivity index (χ2v) is 4.72. The minimum Gasteiger partial charge on any atom is -0.506 e. The minimum atomic E-state index is -0.110. The Balaban J connectivity index is 2.16. The SMILES string of the molecule is O=C1C(C2=NCCS2)=C(O)c2ccccc21. The summed E-state index contributed by atoms with van der Waals surface area (Å²) in [6.45, 7) is 0.723. The molecule has 4 heteroatoms. The van der Waals surface area contributed by atoms with Gasteiger partial charge in [-0.3, -0.25) is 9.79 Å². The highest BCUT2D eigenvalue weighted by Crippen LogP contribution is 2.35. The van der Waals surface area contributed by atoms with Gasteiger partial charge in [-0.15, -0.1) is 11.8 Å². The number of carbonyl (C=O) groups is 1. The second kappa shape index (κ2) is 3.49. The van der Waals surface area contributed by atoms with Crippen molar-refractivity contribution in [3.05, 3.63) is 41.0 Å². The summed E-state index contributed by atoms with van der Waals surface area (Å²) in [5.74, 6) is 0.852. The largest absolute Gasteiger partial charge is 0.506 e. The number of nitrogens with zero attached hydrogens (tertiary/aromatic N) is 1. The lowest BCUT2D eigenvalue weighted by Gasteiger charge is -1.99. The fraction of sp³-hybridized carbons (Fsp3) is 0.167. The van der Waals surface area contributed by atoms with Crippen LogP contribution >= 0.6 is 11.8 Å². The molecule has 1 N–H and O–H groups in total. The van der Waals surface area contributed by atoms with Crippen molar-refractivity contribution in [2.75, 3.05) is 12.3 Å². The fourth-order valence-electron chi connectivity index (χ4n) is 1.95. The molecule has 0 aromatic heterocycles. The zero-order chi connectivity index (χ0) is 11.1. The lowest BCUT2D eigenvalue weighted by molar-refractivity contribution is 0.104. The Morgan fingerprint density at radius 2 is 2.00 bits per heavy atom. The summed E-state index contributed by atoms with van der Waals surface area (Å²) in [6.07, 6.45) is 0. The number of aliphatic hydroxyl groups is 1. The number of hydrogen-bond acceptors (Lipinski definition) is 4. The molecule has 0 radical (unpaired) electrons. The summed E-state index contributed by atoms with van der Waals surface area (Å²) in [7, 11) is 0. The van der Waals surface area contributed by atoms with Gasteiger partial charge >= 0.3 is 0 Å². The van der Waals surface area contributed by atoms with Crippen LogP contribution in [0.15, 0.2) is 34.8 Å². The quantitative estimate of drug-likeness (QED) is 0.806. The molecule has 0 amide bonds. The van der Waals surface area contributed by atoms with Crippen LogP contribution in [0.5, 0.6) is 0 Å². The van der Waals surface area contributed by atoms with Crippen LogP contribution in [0.2, 0.25) is 0 Å². The first-order chi connectivity index (χ1) is 7.79. The third kappa shape index (κ3) is 1.23. The number of Topliss-reactive ketones (excluding diaryl/α,β-unsaturated/α-hetero) is 1. The van der Waals surface area contributed by atoms with E-state index in [1.807, 2.05) is 6.07 Å². The predicted molar refractivity (Wildman–Crippen MR) is 65.1 cm³/mol. The number of rotatable bonds is 1. The van der Waals surface area contributed by atoms with Crippen LogP contribution in [0, 0.1) is 0 Å². The normalized spacial score (nSPS) is 19.0. The Kier molecular flexibility index (Phi) is 2.11. The first kappa shape index (κ1) is 9.66. The Labute approximate surface area is 96.9 Å². The molecule has 16 heavy (non-hydrogen) atoms. The molecule has 1 aromatic carbocycles. The molecular weight excluding hydrogens is 222 g/mol. The monoisotopic (exact) mass is 231 g/mol. The Hall–Kier alpha value is -1.55. The maximum atomic E-state index is 12.1. The van der Waals surface area contributed by atoms with E-state index in [1.165, 1.54) is 11.8 Å². The maximum absolute atomic E-state index is 12.1. The molecule has 1 heterocycles. The van der Waals surface area contributed by atoms with Crippen molar-refractivity contribution in [1.29, 1.82) is 0 Å². The molecular formula is C12H9NO2S. The van der Waals surface area contributed by atoms with E-state index in [2.05, 4.69) is 4.99 Å². The van der Waals surface area contributed by atoms with Crippen molar-refractivity contribution in [2.24, 2.45) is 4.99 Å². The van der Waals surface area contributed by atoms with Crippen LogP contribution in [-0.2, 0) is 0 Å². The van der Waals surface area contributed by atoms with E-state index < -0.39 is 0 Å².